The standard InChI is InChI=1S/C19H25N3O5S2/c1-2-8-21(13-6-10-29(26,27)12-13)16(23)11-22-17(24)19(20-18(22)25)7-3-4-15-14(19)5-9-28-15/h5,9,13H,2-4,6-8,10-12H2,1H3,(H,20,25)/t13-,19-/m0/s1. The molecule has 3 aliphatic rings. The summed E-state index contributed by atoms with van der Waals surface area (Å²) in [6.07, 6.45) is 3.27. The number of carbonyl (C=O) groups excluding carboxylic acids is 3. The van der Waals surface area contributed by atoms with Crippen molar-refractivity contribution >= 4 is 39.0 Å². The average molecular weight is 440 g/mol. The average Bonchev–Trinajstić information content (AvgIpc) is 3.34. The van der Waals surface area contributed by atoms with Crippen molar-refractivity contribution in [2.24, 2.45) is 0 Å². The summed E-state index contributed by atoms with van der Waals surface area (Å²) in [5, 5.41) is 4.77. The van der Waals surface area contributed by atoms with Crippen LogP contribution in [0.15, 0.2) is 11.4 Å². The van der Waals surface area contributed by atoms with E-state index in [4.69, 9.17) is 0 Å². The van der Waals surface area contributed by atoms with Crippen molar-refractivity contribution in [1.82, 2.24) is 15.1 Å². The second-order valence-corrected chi connectivity index (χ2v) is 11.2. The number of rotatable bonds is 5. The lowest BCUT2D eigenvalue weighted by Gasteiger charge is -2.32. The monoisotopic (exact) mass is 439 g/mol. The van der Waals surface area contributed by atoms with Gasteiger partial charge in [0.2, 0.25) is 5.91 Å². The largest absolute Gasteiger partial charge is 0.337 e. The lowest BCUT2D eigenvalue weighted by Crippen LogP contribution is -2.49. The molecule has 4 amide bonds. The first-order chi connectivity index (χ1) is 13.8. The maximum Gasteiger partial charge on any atom is 0.325 e. The Morgan fingerprint density at radius 2 is 2.21 bits per heavy atom. The third kappa shape index (κ3) is 3.46. The van der Waals surface area contributed by atoms with E-state index < -0.39 is 21.4 Å². The molecule has 0 bridgehead atoms. The lowest BCUT2D eigenvalue weighted by molar-refractivity contribution is -0.140. The van der Waals surface area contributed by atoms with Gasteiger partial charge in [0.25, 0.3) is 5.91 Å². The van der Waals surface area contributed by atoms with E-state index in [0.29, 0.717) is 25.8 Å². The van der Waals surface area contributed by atoms with Crippen LogP contribution in [0.3, 0.4) is 0 Å². The molecule has 0 aromatic carbocycles. The van der Waals surface area contributed by atoms with Crippen LogP contribution < -0.4 is 5.32 Å². The lowest BCUT2D eigenvalue weighted by atomic mass is 9.80. The van der Waals surface area contributed by atoms with Crippen molar-refractivity contribution < 1.29 is 22.8 Å². The number of hydrogen-bond donors (Lipinski definition) is 1. The molecule has 4 rings (SSSR count). The van der Waals surface area contributed by atoms with Gasteiger partial charge in [0, 0.05) is 23.0 Å². The highest BCUT2D eigenvalue weighted by molar-refractivity contribution is 7.91. The van der Waals surface area contributed by atoms with Gasteiger partial charge in [0.1, 0.15) is 12.1 Å². The summed E-state index contributed by atoms with van der Waals surface area (Å²) >= 11 is 1.58. The Balaban J connectivity index is 1.54. The second kappa shape index (κ2) is 7.39. The van der Waals surface area contributed by atoms with Crippen LogP contribution in [0.5, 0.6) is 0 Å². The molecule has 1 aromatic rings. The Morgan fingerprint density at radius 1 is 1.41 bits per heavy atom. The summed E-state index contributed by atoms with van der Waals surface area (Å²) < 4.78 is 23.7. The van der Waals surface area contributed by atoms with Crippen LogP contribution in [0, 0.1) is 0 Å². The molecule has 2 atom stereocenters. The quantitative estimate of drug-likeness (QED) is 0.696. The zero-order valence-electron chi connectivity index (χ0n) is 16.3. The molecule has 2 fully saturated rings. The fourth-order valence-corrected chi connectivity index (χ4v) is 7.41. The molecule has 2 saturated heterocycles. The molecule has 0 saturated carbocycles. The summed E-state index contributed by atoms with van der Waals surface area (Å²) in [6, 6.07) is 0.938. The highest BCUT2D eigenvalue weighted by Gasteiger charge is 2.55. The topological polar surface area (TPSA) is 104 Å². The third-order valence-electron chi connectivity index (χ3n) is 6.06. The van der Waals surface area contributed by atoms with E-state index in [-0.39, 0.29) is 35.9 Å². The number of thiophene rings is 1. The Hall–Kier alpha value is -1.94. The summed E-state index contributed by atoms with van der Waals surface area (Å²) in [6.45, 7) is 1.96. The minimum absolute atomic E-state index is 0.0545. The summed E-state index contributed by atoms with van der Waals surface area (Å²) in [5.74, 6) is -0.749. The molecule has 10 heteroatoms. The maximum absolute atomic E-state index is 13.3. The summed E-state index contributed by atoms with van der Waals surface area (Å²) in [4.78, 5) is 42.6. The van der Waals surface area contributed by atoms with Gasteiger partial charge in [-0.25, -0.2) is 13.2 Å². The Morgan fingerprint density at radius 3 is 2.90 bits per heavy atom. The molecule has 0 unspecified atom stereocenters. The molecule has 1 aromatic heterocycles. The van der Waals surface area contributed by atoms with Crippen molar-refractivity contribution in [2.75, 3.05) is 24.6 Å². The molecule has 3 heterocycles. The fourth-order valence-electron chi connectivity index (χ4n) is 4.68. The molecule has 29 heavy (non-hydrogen) atoms. The fraction of sp³-hybridized carbons (Fsp3) is 0.632. The molecular weight excluding hydrogens is 414 g/mol. The molecule has 1 spiro atoms. The van der Waals surface area contributed by atoms with E-state index in [0.717, 1.165) is 28.2 Å². The van der Waals surface area contributed by atoms with Gasteiger partial charge >= 0.3 is 6.03 Å². The van der Waals surface area contributed by atoms with Crippen LogP contribution in [0.2, 0.25) is 0 Å². The number of fused-ring (bicyclic) bond motifs is 2. The van der Waals surface area contributed by atoms with Gasteiger partial charge in [-0.15, -0.1) is 11.3 Å². The first kappa shape index (κ1) is 20.3. The van der Waals surface area contributed by atoms with Crippen LogP contribution in [-0.2, 0) is 31.4 Å². The van der Waals surface area contributed by atoms with Crippen LogP contribution >= 0.6 is 11.3 Å². The first-order valence-electron chi connectivity index (χ1n) is 9.98. The number of hydrogen-bond acceptors (Lipinski definition) is 6. The van der Waals surface area contributed by atoms with Gasteiger partial charge in [0.05, 0.1) is 11.5 Å². The number of nitrogens with one attached hydrogen (secondary N) is 1. The van der Waals surface area contributed by atoms with Crippen LogP contribution in [0.4, 0.5) is 4.79 Å². The maximum atomic E-state index is 13.3. The third-order valence-corrected chi connectivity index (χ3v) is 8.80. The Kier molecular flexibility index (Phi) is 5.18. The molecule has 158 valence electrons. The minimum Gasteiger partial charge on any atom is -0.337 e. The number of sulfone groups is 1. The van der Waals surface area contributed by atoms with Crippen molar-refractivity contribution in [2.45, 2.75) is 50.6 Å². The first-order valence-corrected chi connectivity index (χ1v) is 12.7. The number of imide groups is 1. The Labute approximate surface area is 174 Å². The van der Waals surface area contributed by atoms with Gasteiger partial charge in [-0.2, -0.15) is 0 Å². The predicted octanol–water partition coefficient (Wildman–Crippen LogP) is 1.26. The van der Waals surface area contributed by atoms with E-state index in [1.807, 2.05) is 18.4 Å². The SMILES string of the molecule is CCCN(C(=O)CN1C(=O)N[C@]2(CCCc3sccc32)C1=O)[C@H]1CCS(=O)(=O)C1. The van der Waals surface area contributed by atoms with Gasteiger partial charge in [-0.05, 0) is 43.6 Å². The van der Waals surface area contributed by atoms with Crippen molar-refractivity contribution in [3.63, 3.8) is 0 Å². The normalized spacial score (nSPS) is 27.9. The van der Waals surface area contributed by atoms with E-state index in [1.54, 1.807) is 11.3 Å². The minimum atomic E-state index is -3.14. The Bertz CT molecular complexity index is 957. The van der Waals surface area contributed by atoms with Crippen LogP contribution in [-0.4, -0.2) is 66.7 Å². The number of carbonyl (C=O) groups is 3. The zero-order chi connectivity index (χ0) is 20.8. The number of amides is 4. The van der Waals surface area contributed by atoms with E-state index >= 15 is 0 Å². The van der Waals surface area contributed by atoms with Crippen molar-refractivity contribution in [3.8, 4) is 0 Å². The predicted molar refractivity (Wildman–Crippen MR) is 108 cm³/mol. The van der Waals surface area contributed by atoms with Gasteiger partial charge < -0.3 is 10.2 Å². The number of urea groups is 1. The molecule has 8 nitrogen and oxygen atoms in total. The zero-order valence-corrected chi connectivity index (χ0v) is 18.0. The number of aryl methyl sites for hydroxylation is 1. The molecule has 1 N–H and O–H groups in total. The van der Waals surface area contributed by atoms with Crippen molar-refractivity contribution in [3.05, 3.63) is 21.9 Å². The molecule has 2 aliphatic heterocycles. The van der Waals surface area contributed by atoms with E-state index in [1.165, 1.54) is 4.90 Å². The number of nitrogens with zero attached hydrogens (tertiary/aromatic N) is 2. The molecule has 0 radical (unpaired) electrons. The van der Waals surface area contributed by atoms with Gasteiger partial charge in [-0.3, -0.25) is 14.5 Å². The van der Waals surface area contributed by atoms with E-state index in [9.17, 15) is 22.8 Å². The van der Waals surface area contributed by atoms with E-state index in [2.05, 4.69) is 5.32 Å². The van der Waals surface area contributed by atoms with Crippen molar-refractivity contribution in [1.29, 1.82) is 0 Å². The highest BCUT2D eigenvalue weighted by atomic mass is 32.2. The summed E-state index contributed by atoms with van der Waals surface area (Å²) in [5.41, 5.74) is -0.230. The summed E-state index contributed by atoms with van der Waals surface area (Å²) in [7, 11) is -3.14. The molecule has 1 aliphatic carbocycles. The second-order valence-electron chi connectivity index (χ2n) is 7.98. The van der Waals surface area contributed by atoms with Gasteiger partial charge in [-0.1, -0.05) is 6.92 Å². The highest BCUT2D eigenvalue weighted by Crippen LogP contribution is 2.42. The molecular formula is C19H25N3O5S2. The smallest absolute Gasteiger partial charge is 0.325 e. The van der Waals surface area contributed by atoms with Crippen LogP contribution in [0.1, 0.15) is 43.0 Å². The van der Waals surface area contributed by atoms with Crippen LogP contribution in [0.25, 0.3) is 0 Å². The van der Waals surface area contributed by atoms with Gasteiger partial charge in [0.15, 0.2) is 9.84 Å².